The van der Waals surface area contributed by atoms with Crippen molar-refractivity contribution in [3.63, 3.8) is 0 Å². The number of amides is 1. The molecule has 0 bridgehead atoms. The van der Waals surface area contributed by atoms with E-state index in [1.165, 1.54) is 0 Å². The molecule has 2 rings (SSSR count). The molecule has 0 spiro atoms. The Morgan fingerprint density at radius 3 is 2.05 bits per heavy atom. The monoisotopic (exact) mass is 402 g/mol. The number of hydrogen-bond acceptors (Lipinski definition) is 2. The highest BCUT2D eigenvalue weighted by molar-refractivity contribution is 9.10. The van der Waals surface area contributed by atoms with Crippen molar-refractivity contribution in [1.82, 2.24) is 0 Å². The van der Waals surface area contributed by atoms with Crippen LogP contribution in [-0.4, -0.2) is 10.9 Å². The molecule has 0 aliphatic carbocycles. The molecule has 0 atom stereocenters. The van der Waals surface area contributed by atoms with Crippen molar-refractivity contribution in [2.45, 2.75) is 0 Å². The van der Waals surface area contributed by atoms with Gasteiger partial charge in [0.25, 0.3) is 5.91 Å². The lowest BCUT2D eigenvalue weighted by atomic mass is 10.1. The van der Waals surface area contributed by atoms with Gasteiger partial charge in [0.1, 0.15) is 4.99 Å². The first-order valence-corrected chi connectivity index (χ1v) is 7.70. The van der Waals surface area contributed by atoms with Crippen molar-refractivity contribution in [2.24, 2.45) is 5.73 Å². The van der Waals surface area contributed by atoms with Crippen LogP contribution >= 0.6 is 51.3 Å². The summed E-state index contributed by atoms with van der Waals surface area (Å²) in [6.45, 7) is 0. The van der Waals surface area contributed by atoms with Crippen LogP contribution in [0.2, 0.25) is 10.0 Å². The second-order valence-electron chi connectivity index (χ2n) is 4.14. The highest BCUT2D eigenvalue weighted by atomic mass is 79.9. The smallest absolute Gasteiger partial charge is 0.255 e. The second-order valence-corrected chi connectivity index (χ2v) is 6.31. The zero-order valence-electron chi connectivity index (χ0n) is 10.5. The van der Waals surface area contributed by atoms with Gasteiger partial charge in [0.2, 0.25) is 0 Å². The van der Waals surface area contributed by atoms with Crippen LogP contribution < -0.4 is 11.1 Å². The van der Waals surface area contributed by atoms with E-state index in [2.05, 4.69) is 21.2 Å². The minimum absolute atomic E-state index is 0.279. The van der Waals surface area contributed by atoms with Crippen molar-refractivity contribution in [3.8, 4) is 0 Å². The van der Waals surface area contributed by atoms with E-state index in [-0.39, 0.29) is 10.9 Å². The topological polar surface area (TPSA) is 55.1 Å². The molecule has 0 aromatic heterocycles. The summed E-state index contributed by atoms with van der Waals surface area (Å²) in [6, 6.07) is 9.93. The molecule has 3 nitrogen and oxygen atoms in total. The molecule has 0 heterocycles. The lowest BCUT2D eigenvalue weighted by Crippen LogP contribution is -2.14. The maximum Gasteiger partial charge on any atom is 0.255 e. The molecule has 3 N–H and O–H groups in total. The molecule has 0 aliphatic heterocycles. The molecule has 7 heteroatoms. The fourth-order valence-corrected chi connectivity index (χ4v) is 3.07. The molecule has 21 heavy (non-hydrogen) atoms. The van der Waals surface area contributed by atoms with Crippen LogP contribution in [0.4, 0.5) is 5.69 Å². The summed E-state index contributed by atoms with van der Waals surface area (Å²) in [7, 11) is 0. The number of halogens is 3. The fourth-order valence-electron chi connectivity index (χ4n) is 1.63. The first-order chi connectivity index (χ1) is 9.88. The molecular formula is C14H9BrCl2N2OS. The quantitative estimate of drug-likeness (QED) is 0.733. The van der Waals surface area contributed by atoms with Crippen molar-refractivity contribution in [3.05, 3.63) is 62.0 Å². The second kappa shape index (κ2) is 6.75. The minimum atomic E-state index is -0.324. The number of thiocarbonyl (C=S) groups is 1. The predicted molar refractivity (Wildman–Crippen MR) is 94.4 cm³/mol. The highest BCUT2D eigenvalue weighted by Crippen LogP contribution is 2.34. The lowest BCUT2D eigenvalue weighted by molar-refractivity contribution is 0.102. The van der Waals surface area contributed by atoms with E-state index >= 15 is 0 Å². The first kappa shape index (κ1) is 16.2. The van der Waals surface area contributed by atoms with Gasteiger partial charge in [-0.2, -0.15) is 0 Å². The largest absolute Gasteiger partial charge is 0.389 e. The van der Waals surface area contributed by atoms with Crippen LogP contribution in [0.25, 0.3) is 0 Å². The Kier molecular flexibility index (Phi) is 5.22. The molecule has 1 amide bonds. The van der Waals surface area contributed by atoms with Gasteiger partial charge in [-0.05, 0) is 24.3 Å². The summed E-state index contributed by atoms with van der Waals surface area (Å²) < 4.78 is 0.733. The summed E-state index contributed by atoms with van der Waals surface area (Å²) in [5.41, 5.74) is 7.02. The van der Waals surface area contributed by atoms with Crippen molar-refractivity contribution in [1.29, 1.82) is 0 Å². The van der Waals surface area contributed by atoms with E-state index in [1.807, 2.05) is 0 Å². The Labute approximate surface area is 145 Å². The highest BCUT2D eigenvalue weighted by Gasteiger charge is 2.12. The number of rotatable bonds is 3. The van der Waals surface area contributed by atoms with E-state index < -0.39 is 0 Å². The normalized spacial score (nSPS) is 10.2. The molecule has 108 valence electrons. The summed E-state index contributed by atoms with van der Waals surface area (Å²) in [5, 5.41) is 3.38. The number of hydrogen-bond donors (Lipinski definition) is 2. The van der Waals surface area contributed by atoms with Crippen LogP contribution in [0.3, 0.4) is 0 Å². The van der Waals surface area contributed by atoms with Crippen LogP contribution in [-0.2, 0) is 0 Å². The zero-order chi connectivity index (χ0) is 15.6. The van der Waals surface area contributed by atoms with E-state index in [0.717, 1.165) is 4.47 Å². The standard InChI is InChI=1S/C14H9BrCl2N2OS/c15-9-5-10(16)12(11(17)6-9)19-14(20)8-3-1-7(2-4-8)13(18)21/h1-6H,(H2,18,21)(H,19,20). The van der Waals surface area contributed by atoms with Gasteiger partial charge in [-0.1, -0.05) is 63.5 Å². The SMILES string of the molecule is NC(=S)c1ccc(C(=O)Nc2c(Cl)cc(Br)cc2Cl)cc1. The molecule has 0 saturated heterocycles. The number of benzene rings is 2. The molecule has 2 aromatic carbocycles. The third kappa shape index (κ3) is 3.95. The van der Waals surface area contributed by atoms with Gasteiger partial charge in [0, 0.05) is 15.6 Å². The number of carbonyl (C=O) groups is 1. The maximum atomic E-state index is 12.2. The first-order valence-electron chi connectivity index (χ1n) is 5.74. The van der Waals surface area contributed by atoms with Gasteiger partial charge >= 0.3 is 0 Å². The fraction of sp³-hybridized carbons (Fsp3) is 0. The lowest BCUT2D eigenvalue weighted by Gasteiger charge is -2.10. The zero-order valence-corrected chi connectivity index (χ0v) is 14.4. The third-order valence-electron chi connectivity index (χ3n) is 2.68. The Balaban J connectivity index is 2.24. The van der Waals surface area contributed by atoms with Crippen LogP contribution in [0, 0.1) is 0 Å². The number of nitrogens with two attached hydrogens (primary N) is 1. The van der Waals surface area contributed by atoms with Crippen molar-refractivity contribution in [2.75, 3.05) is 5.32 Å². The van der Waals surface area contributed by atoms with E-state index in [0.29, 0.717) is 26.9 Å². The third-order valence-corrected chi connectivity index (χ3v) is 3.97. The van der Waals surface area contributed by atoms with Gasteiger partial charge in [-0.15, -0.1) is 0 Å². The molecule has 2 aromatic rings. The summed E-state index contributed by atoms with van der Waals surface area (Å²) in [4.78, 5) is 12.5. The number of anilines is 1. The van der Waals surface area contributed by atoms with Crippen LogP contribution in [0.15, 0.2) is 40.9 Å². The van der Waals surface area contributed by atoms with Gasteiger partial charge < -0.3 is 11.1 Å². The van der Waals surface area contributed by atoms with E-state index in [9.17, 15) is 4.79 Å². The summed E-state index contributed by atoms with van der Waals surface area (Å²) in [6.07, 6.45) is 0. The van der Waals surface area contributed by atoms with Crippen LogP contribution in [0.1, 0.15) is 15.9 Å². The Hall–Kier alpha value is -1.14. The number of nitrogens with one attached hydrogen (secondary N) is 1. The van der Waals surface area contributed by atoms with Gasteiger partial charge in [0.05, 0.1) is 15.7 Å². The average molecular weight is 404 g/mol. The maximum absolute atomic E-state index is 12.2. The molecule has 0 radical (unpaired) electrons. The average Bonchev–Trinajstić information content (AvgIpc) is 2.42. The molecular weight excluding hydrogens is 395 g/mol. The minimum Gasteiger partial charge on any atom is -0.389 e. The van der Waals surface area contributed by atoms with Gasteiger partial charge in [-0.3, -0.25) is 4.79 Å². The summed E-state index contributed by atoms with van der Waals surface area (Å²) in [5.74, 6) is -0.324. The summed E-state index contributed by atoms with van der Waals surface area (Å²) >= 11 is 20.3. The van der Waals surface area contributed by atoms with E-state index in [4.69, 9.17) is 41.2 Å². The van der Waals surface area contributed by atoms with Crippen molar-refractivity contribution >= 4 is 67.9 Å². The van der Waals surface area contributed by atoms with Gasteiger partial charge in [0.15, 0.2) is 0 Å². The molecule has 0 aliphatic rings. The van der Waals surface area contributed by atoms with Crippen LogP contribution in [0.5, 0.6) is 0 Å². The van der Waals surface area contributed by atoms with Gasteiger partial charge in [-0.25, -0.2) is 0 Å². The molecule has 0 unspecified atom stereocenters. The van der Waals surface area contributed by atoms with E-state index in [1.54, 1.807) is 36.4 Å². The molecule has 0 saturated carbocycles. The number of carbonyl (C=O) groups excluding carboxylic acids is 1. The molecule has 0 fully saturated rings. The Bertz CT molecular complexity index is 696. The Morgan fingerprint density at radius 2 is 1.57 bits per heavy atom. The Morgan fingerprint density at radius 1 is 1.10 bits per heavy atom. The van der Waals surface area contributed by atoms with Crippen molar-refractivity contribution < 1.29 is 4.79 Å². The predicted octanol–water partition coefficient (Wildman–Crippen LogP) is 4.64.